The van der Waals surface area contributed by atoms with Crippen molar-refractivity contribution >= 4 is 43.5 Å². The summed E-state index contributed by atoms with van der Waals surface area (Å²) in [5.41, 5.74) is 2.33. The van der Waals surface area contributed by atoms with E-state index >= 15 is 0 Å². The minimum atomic E-state index is 0.170. The molecule has 1 N–H and O–H groups in total. The van der Waals surface area contributed by atoms with E-state index in [1.54, 1.807) is 7.11 Å². The largest absolute Gasteiger partial charge is 0.497 e. The van der Waals surface area contributed by atoms with E-state index in [-0.39, 0.29) is 6.04 Å². The van der Waals surface area contributed by atoms with Gasteiger partial charge < -0.3 is 10.1 Å². The molecule has 0 fully saturated rings. The fraction of sp³-hybridized carbons (Fsp3) is 0.250. The zero-order valence-corrected chi connectivity index (χ0v) is 15.7. The molecule has 112 valence electrons. The molecule has 21 heavy (non-hydrogen) atoms. The number of ether oxygens (including phenoxy) is 1. The van der Waals surface area contributed by atoms with E-state index in [1.807, 2.05) is 37.4 Å². The molecule has 0 aliphatic heterocycles. The normalized spacial score (nSPS) is 12.2. The highest BCUT2D eigenvalue weighted by atomic mass is 79.9. The number of hydrogen-bond acceptors (Lipinski definition) is 2. The van der Waals surface area contributed by atoms with Crippen molar-refractivity contribution in [1.82, 2.24) is 5.32 Å². The van der Waals surface area contributed by atoms with E-state index < -0.39 is 0 Å². The molecule has 0 heterocycles. The highest BCUT2D eigenvalue weighted by Gasteiger charge is 2.14. The van der Waals surface area contributed by atoms with E-state index in [4.69, 9.17) is 16.3 Å². The van der Waals surface area contributed by atoms with Gasteiger partial charge in [0.2, 0.25) is 0 Å². The zero-order chi connectivity index (χ0) is 15.4. The van der Waals surface area contributed by atoms with Crippen LogP contribution in [0.5, 0.6) is 5.75 Å². The molecular weight excluding hydrogens is 417 g/mol. The first-order valence-electron chi connectivity index (χ1n) is 6.49. The van der Waals surface area contributed by atoms with Crippen LogP contribution in [-0.4, -0.2) is 14.2 Å². The van der Waals surface area contributed by atoms with Crippen molar-refractivity contribution < 1.29 is 4.74 Å². The Morgan fingerprint density at radius 2 is 1.95 bits per heavy atom. The average Bonchev–Trinajstić information content (AvgIpc) is 2.45. The number of halogens is 3. The Morgan fingerprint density at radius 1 is 1.19 bits per heavy atom. The number of nitrogens with one attached hydrogen (secondary N) is 1. The first kappa shape index (κ1) is 16.8. The van der Waals surface area contributed by atoms with Crippen LogP contribution in [0, 0.1) is 0 Å². The standard InChI is InChI=1S/C16H16Br2ClNO/c1-20-16(11-5-12(17)9-13(19)6-11)8-10-7-14(21-2)3-4-15(10)18/h3-7,9,16,20H,8H2,1-2H3. The zero-order valence-electron chi connectivity index (χ0n) is 11.8. The van der Waals surface area contributed by atoms with Crippen molar-refractivity contribution in [3.8, 4) is 5.75 Å². The van der Waals surface area contributed by atoms with Crippen LogP contribution in [0.1, 0.15) is 17.2 Å². The molecule has 0 bridgehead atoms. The maximum absolute atomic E-state index is 6.15. The van der Waals surface area contributed by atoms with E-state index in [1.165, 1.54) is 5.56 Å². The topological polar surface area (TPSA) is 21.3 Å². The van der Waals surface area contributed by atoms with Crippen molar-refractivity contribution in [2.24, 2.45) is 0 Å². The summed E-state index contributed by atoms with van der Waals surface area (Å²) < 4.78 is 7.35. The lowest BCUT2D eigenvalue weighted by Gasteiger charge is -2.19. The molecule has 2 rings (SSSR count). The molecule has 2 aromatic carbocycles. The second-order valence-electron chi connectivity index (χ2n) is 4.71. The molecule has 0 amide bonds. The lowest BCUT2D eigenvalue weighted by Crippen LogP contribution is -2.19. The summed E-state index contributed by atoms with van der Waals surface area (Å²) in [5, 5.41) is 4.07. The van der Waals surface area contributed by atoms with Crippen LogP contribution >= 0.6 is 43.5 Å². The maximum Gasteiger partial charge on any atom is 0.119 e. The van der Waals surface area contributed by atoms with Gasteiger partial charge in [-0.2, -0.15) is 0 Å². The van der Waals surface area contributed by atoms with Gasteiger partial charge in [-0.1, -0.05) is 43.5 Å². The highest BCUT2D eigenvalue weighted by molar-refractivity contribution is 9.10. The molecule has 0 saturated heterocycles. The van der Waals surface area contributed by atoms with Crippen LogP contribution in [0.2, 0.25) is 5.02 Å². The van der Waals surface area contributed by atoms with Gasteiger partial charge in [0, 0.05) is 20.0 Å². The Bertz CT molecular complexity index is 613. The molecule has 5 heteroatoms. The van der Waals surface area contributed by atoms with Gasteiger partial charge >= 0.3 is 0 Å². The van der Waals surface area contributed by atoms with Crippen molar-refractivity contribution in [3.63, 3.8) is 0 Å². The predicted octanol–water partition coefficient (Wildman–Crippen LogP) is 5.38. The molecule has 0 radical (unpaired) electrons. The Kier molecular flexibility index (Phi) is 6.11. The van der Waals surface area contributed by atoms with Gasteiger partial charge in [0.15, 0.2) is 0 Å². The first-order chi connectivity index (χ1) is 10.0. The summed E-state index contributed by atoms with van der Waals surface area (Å²) in [6, 6.07) is 12.1. The third kappa shape index (κ3) is 4.46. The minimum Gasteiger partial charge on any atom is -0.497 e. The molecule has 1 atom stereocenters. The molecule has 1 unspecified atom stereocenters. The third-order valence-electron chi connectivity index (χ3n) is 3.31. The highest BCUT2D eigenvalue weighted by Crippen LogP contribution is 2.29. The van der Waals surface area contributed by atoms with Crippen LogP contribution in [0.25, 0.3) is 0 Å². The van der Waals surface area contributed by atoms with Crippen LogP contribution < -0.4 is 10.1 Å². The maximum atomic E-state index is 6.15. The number of rotatable bonds is 5. The third-order valence-corrected chi connectivity index (χ3v) is 4.76. The number of benzene rings is 2. The molecule has 0 aliphatic carbocycles. The summed E-state index contributed by atoms with van der Waals surface area (Å²) in [6.45, 7) is 0. The predicted molar refractivity (Wildman–Crippen MR) is 95.4 cm³/mol. The van der Waals surface area contributed by atoms with Gasteiger partial charge in [-0.15, -0.1) is 0 Å². The van der Waals surface area contributed by atoms with Gasteiger partial charge in [0.05, 0.1) is 7.11 Å². The summed E-state index contributed by atoms with van der Waals surface area (Å²) in [4.78, 5) is 0. The van der Waals surface area contributed by atoms with E-state index in [9.17, 15) is 0 Å². The molecular formula is C16H16Br2ClNO. The van der Waals surface area contributed by atoms with E-state index in [2.05, 4.69) is 43.2 Å². The van der Waals surface area contributed by atoms with Gasteiger partial charge in [-0.25, -0.2) is 0 Å². The number of hydrogen-bond donors (Lipinski definition) is 1. The summed E-state index contributed by atoms with van der Waals surface area (Å²) in [7, 11) is 3.63. The second kappa shape index (κ2) is 7.63. The Labute approximate surface area is 147 Å². The van der Waals surface area contributed by atoms with Crippen LogP contribution in [0.4, 0.5) is 0 Å². The fourth-order valence-electron chi connectivity index (χ4n) is 2.22. The molecule has 0 aliphatic rings. The summed E-state index contributed by atoms with van der Waals surface area (Å²) >= 11 is 13.2. The van der Waals surface area contributed by atoms with Crippen molar-refractivity contribution in [3.05, 3.63) is 61.5 Å². The SMILES string of the molecule is CNC(Cc1cc(OC)ccc1Br)c1cc(Cl)cc(Br)c1. The van der Waals surface area contributed by atoms with Crippen LogP contribution in [0.3, 0.4) is 0 Å². The Balaban J connectivity index is 2.30. The molecule has 0 saturated carbocycles. The van der Waals surface area contributed by atoms with Gasteiger partial charge in [0.1, 0.15) is 5.75 Å². The Morgan fingerprint density at radius 3 is 2.57 bits per heavy atom. The smallest absolute Gasteiger partial charge is 0.119 e. The number of likely N-dealkylation sites (N-methyl/N-ethyl adjacent to an activating group) is 1. The lowest BCUT2D eigenvalue weighted by molar-refractivity contribution is 0.414. The molecule has 2 aromatic rings. The molecule has 0 spiro atoms. The van der Waals surface area contributed by atoms with Crippen LogP contribution in [-0.2, 0) is 6.42 Å². The van der Waals surface area contributed by atoms with Crippen molar-refractivity contribution in [2.75, 3.05) is 14.2 Å². The lowest BCUT2D eigenvalue weighted by atomic mass is 9.99. The van der Waals surface area contributed by atoms with E-state index in [0.29, 0.717) is 0 Å². The quantitative estimate of drug-likeness (QED) is 0.684. The average molecular weight is 434 g/mol. The van der Waals surface area contributed by atoms with Crippen molar-refractivity contribution in [1.29, 1.82) is 0 Å². The molecule has 0 aromatic heterocycles. The second-order valence-corrected chi connectivity index (χ2v) is 6.91. The van der Waals surface area contributed by atoms with E-state index in [0.717, 1.165) is 31.7 Å². The monoisotopic (exact) mass is 431 g/mol. The number of methoxy groups -OCH3 is 1. The molecule has 2 nitrogen and oxygen atoms in total. The Hall–Kier alpha value is -0.550. The van der Waals surface area contributed by atoms with Gasteiger partial charge in [-0.3, -0.25) is 0 Å². The minimum absolute atomic E-state index is 0.170. The summed E-state index contributed by atoms with van der Waals surface area (Å²) in [6.07, 6.45) is 0.834. The summed E-state index contributed by atoms with van der Waals surface area (Å²) in [5.74, 6) is 0.857. The fourth-order valence-corrected chi connectivity index (χ4v) is 3.51. The first-order valence-corrected chi connectivity index (χ1v) is 8.45. The van der Waals surface area contributed by atoms with Gasteiger partial charge in [0.25, 0.3) is 0 Å². The van der Waals surface area contributed by atoms with Crippen molar-refractivity contribution in [2.45, 2.75) is 12.5 Å². The van der Waals surface area contributed by atoms with Gasteiger partial charge in [-0.05, 0) is 61.0 Å². The van der Waals surface area contributed by atoms with Crippen LogP contribution in [0.15, 0.2) is 45.3 Å².